The zero-order valence-electron chi connectivity index (χ0n) is 15.4. The van der Waals surface area contributed by atoms with Gasteiger partial charge in [-0.05, 0) is 44.9 Å². The summed E-state index contributed by atoms with van der Waals surface area (Å²) in [5, 5.41) is 8.33. The molecule has 0 spiro atoms. The summed E-state index contributed by atoms with van der Waals surface area (Å²) in [6.45, 7) is 8.03. The van der Waals surface area contributed by atoms with E-state index in [2.05, 4.69) is 23.2 Å². The molecule has 26 heavy (non-hydrogen) atoms. The lowest BCUT2D eigenvalue weighted by Gasteiger charge is -2.08. The van der Waals surface area contributed by atoms with Crippen LogP contribution < -0.4 is 0 Å². The van der Waals surface area contributed by atoms with Crippen molar-refractivity contribution in [2.45, 2.75) is 44.6 Å². The third kappa shape index (κ3) is 4.22. The monoisotopic (exact) mass is 366 g/mol. The van der Waals surface area contributed by atoms with Crippen LogP contribution in [0.3, 0.4) is 0 Å². The average molecular weight is 366 g/mol. The molecule has 0 aliphatic heterocycles. The van der Waals surface area contributed by atoms with Crippen LogP contribution in [0.25, 0.3) is 11.5 Å². The van der Waals surface area contributed by atoms with Gasteiger partial charge in [0.05, 0.1) is 5.25 Å². The minimum atomic E-state index is -0.296. The maximum absolute atomic E-state index is 12.6. The van der Waals surface area contributed by atoms with E-state index in [4.69, 9.17) is 4.42 Å². The smallest absolute Gasteiger partial charge is 0.277 e. The van der Waals surface area contributed by atoms with Crippen molar-refractivity contribution >= 4 is 17.5 Å². The van der Waals surface area contributed by atoms with Crippen LogP contribution in [-0.2, 0) is 6.42 Å². The van der Waals surface area contributed by atoms with Gasteiger partial charge >= 0.3 is 0 Å². The van der Waals surface area contributed by atoms with Crippen molar-refractivity contribution in [3.8, 4) is 11.5 Å². The van der Waals surface area contributed by atoms with Gasteiger partial charge in [0.15, 0.2) is 5.78 Å². The van der Waals surface area contributed by atoms with Crippen LogP contribution in [-0.4, -0.2) is 21.2 Å². The summed E-state index contributed by atoms with van der Waals surface area (Å²) >= 11 is 1.29. The Morgan fingerprint density at radius 2 is 1.73 bits per heavy atom. The lowest BCUT2D eigenvalue weighted by Crippen LogP contribution is -2.13. The van der Waals surface area contributed by atoms with Crippen molar-refractivity contribution in [1.29, 1.82) is 0 Å². The average Bonchev–Trinajstić information content (AvgIpc) is 3.09. The van der Waals surface area contributed by atoms with E-state index >= 15 is 0 Å². The summed E-state index contributed by atoms with van der Waals surface area (Å²) in [7, 11) is 0. The first-order valence-electron chi connectivity index (χ1n) is 8.68. The Bertz CT molecular complexity index is 896. The number of aromatic nitrogens is 2. The molecule has 0 radical (unpaired) electrons. The van der Waals surface area contributed by atoms with Crippen LogP contribution in [0.15, 0.2) is 52.1 Å². The summed E-state index contributed by atoms with van der Waals surface area (Å²) in [4.78, 5) is 12.6. The number of carbonyl (C=O) groups excluding carboxylic acids is 1. The molecule has 0 saturated heterocycles. The summed E-state index contributed by atoms with van der Waals surface area (Å²) in [5.74, 6) is 0.537. The molecule has 2 aromatic carbocycles. The fourth-order valence-electron chi connectivity index (χ4n) is 2.82. The van der Waals surface area contributed by atoms with Crippen LogP contribution in [0, 0.1) is 13.8 Å². The Labute approximate surface area is 158 Å². The maximum Gasteiger partial charge on any atom is 0.277 e. The zero-order valence-corrected chi connectivity index (χ0v) is 16.3. The number of ketones is 1. The van der Waals surface area contributed by atoms with Gasteiger partial charge in [0.2, 0.25) is 5.89 Å². The molecule has 0 amide bonds. The zero-order chi connectivity index (χ0) is 18.7. The molecule has 0 fully saturated rings. The minimum Gasteiger partial charge on any atom is -0.411 e. The summed E-state index contributed by atoms with van der Waals surface area (Å²) in [5.41, 5.74) is 5.11. The van der Waals surface area contributed by atoms with Gasteiger partial charge in [-0.3, -0.25) is 4.79 Å². The third-order valence-corrected chi connectivity index (χ3v) is 5.10. The number of hydrogen-bond donors (Lipinski definition) is 0. The second-order valence-electron chi connectivity index (χ2n) is 6.42. The van der Waals surface area contributed by atoms with E-state index in [9.17, 15) is 4.79 Å². The highest BCUT2D eigenvalue weighted by Gasteiger charge is 2.20. The van der Waals surface area contributed by atoms with E-state index in [0.717, 1.165) is 23.1 Å². The van der Waals surface area contributed by atoms with Crippen molar-refractivity contribution in [2.75, 3.05) is 0 Å². The maximum atomic E-state index is 12.6. The largest absolute Gasteiger partial charge is 0.411 e. The highest BCUT2D eigenvalue weighted by molar-refractivity contribution is 8.00. The van der Waals surface area contributed by atoms with Gasteiger partial charge in [-0.25, -0.2) is 0 Å². The van der Waals surface area contributed by atoms with E-state index in [1.165, 1.54) is 17.3 Å². The van der Waals surface area contributed by atoms with Gasteiger partial charge in [0.1, 0.15) is 0 Å². The molecule has 5 heteroatoms. The summed E-state index contributed by atoms with van der Waals surface area (Å²) in [6.07, 6.45) is 0.960. The number of carbonyl (C=O) groups is 1. The van der Waals surface area contributed by atoms with Gasteiger partial charge in [-0.1, -0.05) is 60.1 Å². The number of benzene rings is 2. The number of rotatable bonds is 6. The Morgan fingerprint density at radius 1 is 1.08 bits per heavy atom. The first-order valence-corrected chi connectivity index (χ1v) is 9.56. The van der Waals surface area contributed by atoms with Gasteiger partial charge in [0.25, 0.3) is 5.22 Å². The molecule has 1 unspecified atom stereocenters. The highest BCUT2D eigenvalue weighted by atomic mass is 32.2. The highest BCUT2D eigenvalue weighted by Crippen LogP contribution is 2.28. The molecule has 0 N–H and O–H groups in total. The molecule has 1 atom stereocenters. The van der Waals surface area contributed by atoms with Crippen LogP contribution in [0.1, 0.15) is 40.9 Å². The van der Waals surface area contributed by atoms with Crippen molar-refractivity contribution in [1.82, 2.24) is 10.2 Å². The Kier molecular flexibility index (Phi) is 5.57. The third-order valence-electron chi connectivity index (χ3n) is 4.17. The topological polar surface area (TPSA) is 56.0 Å². The van der Waals surface area contributed by atoms with Gasteiger partial charge in [-0.15, -0.1) is 10.2 Å². The van der Waals surface area contributed by atoms with Crippen molar-refractivity contribution in [2.24, 2.45) is 0 Å². The quantitative estimate of drug-likeness (QED) is 0.439. The molecule has 3 aromatic rings. The van der Waals surface area contributed by atoms with Crippen LogP contribution in [0.2, 0.25) is 0 Å². The van der Waals surface area contributed by atoms with E-state index in [-0.39, 0.29) is 11.0 Å². The molecule has 0 bridgehead atoms. The normalized spacial score (nSPS) is 12.2. The van der Waals surface area contributed by atoms with E-state index in [0.29, 0.717) is 16.7 Å². The SMILES string of the molecule is CCc1ccc(C(=O)C(C)Sc2nnc(-c3cc(C)cc(C)c3)o2)cc1. The Morgan fingerprint density at radius 3 is 2.35 bits per heavy atom. The van der Waals surface area contributed by atoms with Crippen LogP contribution in [0.4, 0.5) is 0 Å². The molecule has 1 aromatic heterocycles. The molecule has 4 nitrogen and oxygen atoms in total. The predicted molar refractivity (Wildman–Crippen MR) is 105 cm³/mol. The number of aryl methyl sites for hydroxylation is 3. The molecule has 1 heterocycles. The lowest BCUT2D eigenvalue weighted by molar-refractivity contribution is 0.0993. The predicted octanol–water partition coefficient (Wildman–Crippen LogP) is 5.28. The number of hydrogen-bond acceptors (Lipinski definition) is 5. The van der Waals surface area contributed by atoms with Gasteiger partial charge in [0, 0.05) is 11.1 Å². The van der Waals surface area contributed by atoms with E-state index < -0.39 is 0 Å². The first-order chi connectivity index (χ1) is 12.5. The van der Waals surface area contributed by atoms with E-state index in [1.54, 1.807) is 0 Å². The van der Waals surface area contributed by atoms with Crippen LogP contribution in [0.5, 0.6) is 0 Å². The lowest BCUT2D eigenvalue weighted by atomic mass is 10.1. The number of Topliss-reactive ketones (excluding diaryl/α,β-unsaturated/α-hetero) is 1. The molecule has 0 aliphatic carbocycles. The van der Waals surface area contributed by atoms with Crippen LogP contribution >= 0.6 is 11.8 Å². The van der Waals surface area contributed by atoms with Gasteiger partial charge < -0.3 is 4.42 Å². The molecule has 3 rings (SSSR count). The second kappa shape index (κ2) is 7.87. The van der Waals surface area contributed by atoms with Crippen molar-refractivity contribution in [3.05, 3.63) is 64.7 Å². The Hall–Kier alpha value is -2.40. The molecule has 0 saturated carbocycles. The Balaban J connectivity index is 1.72. The van der Waals surface area contributed by atoms with Gasteiger partial charge in [-0.2, -0.15) is 0 Å². The summed E-state index contributed by atoms with van der Waals surface area (Å²) in [6, 6.07) is 13.9. The standard InChI is InChI=1S/C21H22N2O2S/c1-5-16-6-8-17(9-7-16)19(24)15(4)26-21-23-22-20(25-21)18-11-13(2)10-14(3)12-18/h6-12,15H,5H2,1-4H3. The summed E-state index contributed by atoms with van der Waals surface area (Å²) < 4.78 is 5.76. The number of thioether (sulfide) groups is 1. The second-order valence-corrected chi connectivity index (χ2v) is 7.72. The fraction of sp³-hybridized carbons (Fsp3) is 0.286. The molecular formula is C21H22N2O2S. The molecule has 134 valence electrons. The van der Waals surface area contributed by atoms with Crippen molar-refractivity contribution < 1.29 is 9.21 Å². The van der Waals surface area contributed by atoms with E-state index in [1.807, 2.05) is 57.2 Å². The van der Waals surface area contributed by atoms with Crippen molar-refractivity contribution in [3.63, 3.8) is 0 Å². The molecule has 0 aliphatic rings. The minimum absolute atomic E-state index is 0.0591. The first kappa shape index (κ1) is 18.4. The fourth-order valence-corrected chi connectivity index (χ4v) is 3.58. The molecular weight excluding hydrogens is 344 g/mol. The number of nitrogens with zero attached hydrogens (tertiary/aromatic N) is 2.